The maximum absolute atomic E-state index is 15.3. The van der Waals surface area contributed by atoms with Crippen molar-refractivity contribution < 1.29 is 26.3 Å². The second-order valence-corrected chi connectivity index (χ2v) is 11.4. The van der Waals surface area contributed by atoms with Crippen molar-refractivity contribution in [3.05, 3.63) is 81.5 Å². The van der Waals surface area contributed by atoms with E-state index in [2.05, 4.69) is 0 Å². The van der Waals surface area contributed by atoms with Crippen molar-refractivity contribution in [2.24, 2.45) is 0 Å². The van der Waals surface area contributed by atoms with Crippen LogP contribution in [0.5, 0.6) is 0 Å². The molecular formula is C27H20F6N2S2. The molecule has 4 N–H and O–H groups in total. The van der Waals surface area contributed by atoms with Crippen molar-refractivity contribution in [3.8, 4) is 20.9 Å². The summed E-state index contributed by atoms with van der Waals surface area (Å²) < 4.78 is 91.0. The molecule has 37 heavy (non-hydrogen) atoms. The molecule has 192 valence electrons. The molecular weight excluding hydrogens is 530 g/mol. The maximum atomic E-state index is 15.3. The summed E-state index contributed by atoms with van der Waals surface area (Å²) in [4.78, 5) is 1.38. The number of benzene rings is 2. The molecule has 0 unspecified atom stereocenters. The zero-order chi connectivity index (χ0) is 26.9. The number of alkyl halides is 6. The van der Waals surface area contributed by atoms with E-state index < -0.39 is 28.9 Å². The van der Waals surface area contributed by atoms with Gasteiger partial charge in [0.05, 0.1) is 0 Å². The molecule has 0 radical (unpaired) electrons. The van der Waals surface area contributed by atoms with E-state index in [-0.39, 0.29) is 20.9 Å². The van der Waals surface area contributed by atoms with Crippen molar-refractivity contribution in [2.75, 3.05) is 11.5 Å². The highest BCUT2D eigenvalue weighted by molar-refractivity contribution is 7.16. The largest absolute Gasteiger partial charge is 0.399 e. The summed E-state index contributed by atoms with van der Waals surface area (Å²) in [7, 11) is 0. The second-order valence-electron chi connectivity index (χ2n) is 8.88. The van der Waals surface area contributed by atoms with Crippen LogP contribution >= 0.6 is 22.7 Å². The van der Waals surface area contributed by atoms with E-state index in [1.165, 1.54) is 26.0 Å². The average Bonchev–Trinajstić information content (AvgIpc) is 3.42. The van der Waals surface area contributed by atoms with E-state index in [1.807, 2.05) is 0 Å². The fourth-order valence-electron chi connectivity index (χ4n) is 4.47. The molecule has 0 atom stereocenters. The number of allylic oxidation sites excluding steroid dienone is 2. The Kier molecular flexibility index (Phi) is 5.76. The van der Waals surface area contributed by atoms with Crippen LogP contribution in [0.25, 0.3) is 32.0 Å². The van der Waals surface area contributed by atoms with Gasteiger partial charge in [0, 0.05) is 42.0 Å². The molecule has 5 rings (SSSR count). The Balaban J connectivity index is 1.76. The van der Waals surface area contributed by atoms with Gasteiger partial charge in [0.25, 0.3) is 0 Å². The Morgan fingerprint density at radius 3 is 1.22 bits per heavy atom. The summed E-state index contributed by atoms with van der Waals surface area (Å²) in [5.41, 5.74) is 10.2. The van der Waals surface area contributed by atoms with Crippen LogP contribution in [0, 0.1) is 13.8 Å². The van der Waals surface area contributed by atoms with Crippen molar-refractivity contribution in [1.29, 1.82) is 0 Å². The fourth-order valence-corrected chi connectivity index (χ4v) is 6.54. The Morgan fingerprint density at radius 1 is 0.568 bits per heavy atom. The number of halogens is 6. The van der Waals surface area contributed by atoms with Gasteiger partial charge in [-0.3, -0.25) is 0 Å². The summed E-state index contributed by atoms with van der Waals surface area (Å²) >= 11 is 2.12. The molecule has 0 saturated carbocycles. The predicted octanol–water partition coefficient (Wildman–Crippen LogP) is 8.76. The third-order valence-corrected chi connectivity index (χ3v) is 8.63. The van der Waals surface area contributed by atoms with Crippen LogP contribution in [0.4, 0.5) is 37.7 Å². The number of nitrogens with two attached hydrogens (primary N) is 2. The first-order valence-corrected chi connectivity index (χ1v) is 12.7. The SMILES string of the molecule is Cc1sc(-c2ccc(N)cc2)cc1C1=C(c2cc(-c3ccc(N)cc3)sc2C)C(F)(F)C(F)(F)C1(F)F. The number of hydrogen-bond donors (Lipinski definition) is 2. The zero-order valence-electron chi connectivity index (χ0n) is 19.5. The fraction of sp³-hybridized carbons (Fsp3) is 0.185. The van der Waals surface area contributed by atoms with Crippen molar-refractivity contribution >= 4 is 45.2 Å². The number of thiophene rings is 2. The summed E-state index contributed by atoms with van der Waals surface area (Å²) in [6.45, 7) is 2.91. The van der Waals surface area contributed by atoms with E-state index in [0.29, 0.717) is 32.3 Å². The first-order valence-electron chi connectivity index (χ1n) is 11.1. The van der Waals surface area contributed by atoms with Gasteiger partial charge >= 0.3 is 17.8 Å². The molecule has 1 aliphatic carbocycles. The number of nitrogen functional groups attached to an aromatic ring is 2. The van der Waals surface area contributed by atoms with Gasteiger partial charge in [-0.15, -0.1) is 22.7 Å². The standard InChI is InChI=1S/C27H20F6N2S2/c1-13-19(11-21(36-13)15-3-7-17(34)8-4-15)23-24(26(30,31)27(32,33)25(23,28)29)20-12-22(37-14(20)2)16-5-9-18(35)10-6-16/h3-12H,34-35H2,1-2H3. The van der Waals surface area contributed by atoms with Gasteiger partial charge in [0.2, 0.25) is 0 Å². The highest BCUT2D eigenvalue weighted by Crippen LogP contribution is 2.66. The monoisotopic (exact) mass is 550 g/mol. The second kappa shape index (κ2) is 8.39. The van der Waals surface area contributed by atoms with Gasteiger partial charge in [0.1, 0.15) is 0 Å². The highest BCUT2D eigenvalue weighted by Gasteiger charge is 2.80. The summed E-state index contributed by atoms with van der Waals surface area (Å²) in [5, 5.41) is 0. The van der Waals surface area contributed by atoms with Crippen LogP contribution in [-0.4, -0.2) is 17.8 Å². The predicted molar refractivity (Wildman–Crippen MR) is 139 cm³/mol. The molecule has 2 nitrogen and oxygen atoms in total. The van der Waals surface area contributed by atoms with Crippen LogP contribution < -0.4 is 11.5 Å². The molecule has 0 saturated heterocycles. The lowest BCUT2D eigenvalue weighted by molar-refractivity contribution is -0.254. The van der Waals surface area contributed by atoms with Crippen molar-refractivity contribution in [3.63, 3.8) is 0 Å². The van der Waals surface area contributed by atoms with Crippen LogP contribution in [-0.2, 0) is 0 Å². The van der Waals surface area contributed by atoms with Gasteiger partial charge in [-0.05, 0) is 72.5 Å². The van der Waals surface area contributed by atoms with Crippen LogP contribution in [0.1, 0.15) is 20.9 Å². The third-order valence-electron chi connectivity index (χ3n) is 6.43. The zero-order valence-corrected chi connectivity index (χ0v) is 21.1. The van der Waals surface area contributed by atoms with E-state index in [0.717, 1.165) is 22.7 Å². The molecule has 0 spiro atoms. The van der Waals surface area contributed by atoms with Gasteiger partial charge in [-0.25, -0.2) is 0 Å². The maximum Gasteiger partial charge on any atom is 0.380 e. The lowest BCUT2D eigenvalue weighted by atomic mass is 9.94. The van der Waals surface area contributed by atoms with Gasteiger partial charge in [-0.2, -0.15) is 26.3 Å². The van der Waals surface area contributed by atoms with Crippen LogP contribution in [0.2, 0.25) is 0 Å². The molecule has 2 heterocycles. The van der Waals surface area contributed by atoms with Crippen LogP contribution in [0.3, 0.4) is 0 Å². The number of aryl methyl sites for hydroxylation is 2. The Hall–Kier alpha value is -3.24. The summed E-state index contributed by atoms with van der Waals surface area (Å²) in [6.07, 6.45) is 0. The smallest absolute Gasteiger partial charge is 0.380 e. The minimum Gasteiger partial charge on any atom is -0.399 e. The summed E-state index contributed by atoms with van der Waals surface area (Å²) in [5.74, 6) is -15.8. The molecule has 1 aliphatic rings. The molecule has 0 aliphatic heterocycles. The minimum absolute atomic E-state index is 0.221. The first-order chi connectivity index (χ1) is 17.3. The average molecular weight is 551 g/mol. The molecule has 10 heteroatoms. The van der Waals surface area contributed by atoms with Crippen molar-refractivity contribution in [1.82, 2.24) is 0 Å². The molecule has 0 amide bonds. The molecule has 4 aromatic rings. The normalized spacial score (nSPS) is 17.9. The summed E-state index contributed by atoms with van der Waals surface area (Å²) in [6, 6.07) is 15.6. The van der Waals surface area contributed by atoms with E-state index in [4.69, 9.17) is 11.5 Å². The van der Waals surface area contributed by atoms with E-state index in [1.54, 1.807) is 48.5 Å². The number of anilines is 2. The minimum atomic E-state index is -5.61. The Morgan fingerprint density at radius 2 is 0.892 bits per heavy atom. The Labute approximate surface area is 216 Å². The van der Waals surface area contributed by atoms with E-state index >= 15 is 17.6 Å². The molecule has 2 aromatic carbocycles. The van der Waals surface area contributed by atoms with Gasteiger partial charge in [-0.1, -0.05) is 24.3 Å². The molecule has 0 fully saturated rings. The Bertz CT molecular complexity index is 1420. The van der Waals surface area contributed by atoms with Gasteiger partial charge < -0.3 is 11.5 Å². The van der Waals surface area contributed by atoms with E-state index in [9.17, 15) is 8.78 Å². The lowest BCUT2D eigenvalue weighted by Crippen LogP contribution is -2.48. The quantitative estimate of drug-likeness (QED) is 0.197. The topological polar surface area (TPSA) is 52.0 Å². The van der Waals surface area contributed by atoms with Crippen molar-refractivity contribution in [2.45, 2.75) is 31.6 Å². The molecule has 0 bridgehead atoms. The number of hydrogen-bond acceptors (Lipinski definition) is 4. The lowest BCUT2D eigenvalue weighted by Gasteiger charge is -2.25. The number of rotatable bonds is 4. The molecule has 2 aromatic heterocycles. The third kappa shape index (κ3) is 3.76. The highest BCUT2D eigenvalue weighted by atomic mass is 32.1. The van der Waals surface area contributed by atoms with Gasteiger partial charge in [0.15, 0.2) is 0 Å². The van der Waals surface area contributed by atoms with Crippen LogP contribution in [0.15, 0.2) is 60.7 Å². The first kappa shape index (κ1) is 25.4.